The maximum absolute atomic E-state index is 6.00. The molecule has 3 heteroatoms. The number of nitrogens with one attached hydrogen (secondary N) is 1. The summed E-state index contributed by atoms with van der Waals surface area (Å²) in [6.45, 7) is 0. The molecule has 1 N–H and O–H groups in total. The normalized spacial score (nSPS) is 6.00. The third kappa shape index (κ3) is 2.50. The van der Waals surface area contributed by atoms with Crippen molar-refractivity contribution in [2.24, 2.45) is 0 Å². The largest absolute Gasteiger partial charge is 0.368 e. The number of rotatable bonds is 0. The zero-order valence-corrected chi connectivity index (χ0v) is 3.70. The highest BCUT2D eigenvalue weighted by molar-refractivity contribution is 4.84. The van der Waals surface area contributed by atoms with Gasteiger partial charge in [0.05, 0.1) is 0 Å². The first-order valence-electron chi connectivity index (χ1n) is 1.78. The number of aromatic amines is 1. The summed E-state index contributed by atoms with van der Waals surface area (Å²) < 4.78 is 0. The first-order valence-corrected chi connectivity index (χ1v) is 1.78. The molecular formula is C4H5N3. The van der Waals surface area contributed by atoms with Crippen LogP contribution in [0.4, 0.5) is 0 Å². The standard InChI is InChI=1S/C4H5N.N2/c1-2-4-5-3-1;1-2/h1-5H;. The third-order valence-electron chi connectivity index (χ3n) is 0.496. The van der Waals surface area contributed by atoms with E-state index in [4.69, 9.17) is 10.8 Å². The zero-order valence-electron chi connectivity index (χ0n) is 3.70. The Morgan fingerprint density at radius 2 is 1.43 bits per heavy atom. The fourth-order valence-corrected chi connectivity index (χ4v) is 0.278. The molecule has 3 nitrogen and oxygen atoms in total. The molecule has 1 aromatic heterocycles. The molecule has 0 radical (unpaired) electrons. The molecule has 0 atom stereocenters. The molecule has 36 valence electrons. The van der Waals surface area contributed by atoms with Crippen molar-refractivity contribution >= 4 is 0 Å². The lowest BCUT2D eigenvalue weighted by molar-refractivity contribution is 1.15. The average Bonchev–Trinajstić information content (AvgIpc) is 2.23. The highest BCUT2D eigenvalue weighted by Gasteiger charge is 1.55. The summed E-state index contributed by atoms with van der Waals surface area (Å²) >= 11 is 0. The van der Waals surface area contributed by atoms with Crippen molar-refractivity contribution in [1.82, 2.24) is 4.98 Å². The van der Waals surface area contributed by atoms with E-state index in [-0.39, 0.29) is 0 Å². The first kappa shape index (κ1) is 5.70. The van der Waals surface area contributed by atoms with Gasteiger partial charge in [0.2, 0.25) is 0 Å². The minimum Gasteiger partial charge on any atom is -0.368 e. The highest BCUT2D eigenvalue weighted by Crippen LogP contribution is 1.72. The molecule has 1 heterocycles. The molecule has 0 aliphatic carbocycles. The minimum atomic E-state index is 1.88. The van der Waals surface area contributed by atoms with Crippen molar-refractivity contribution in [3.8, 4) is 0 Å². The second-order valence-corrected chi connectivity index (χ2v) is 0.885. The Bertz CT molecular complexity index is 90.5. The van der Waals surface area contributed by atoms with Gasteiger partial charge in [-0.3, -0.25) is 0 Å². The molecular weight excluding hydrogens is 90.1 g/mol. The van der Waals surface area contributed by atoms with Gasteiger partial charge in [0.25, 0.3) is 0 Å². The molecule has 0 spiro atoms. The molecule has 1 rings (SSSR count). The van der Waals surface area contributed by atoms with Gasteiger partial charge in [-0.1, -0.05) is 0 Å². The van der Waals surface area contributed by atoms with E-state index >= 15 is 0 Å². The van der Waals surface area contributed by atoms with E-state index in [2.05, 4.69) is 4.98 Å². The Balaban J connectivity index is 0.000000162. The quantitative estimate of drug-likeness (QED) is 0.489. The topological polar surface area (TPSA) is 63.4 Å². The van der Waals surface area contributed by atoms with Crippen LogP contribution in [0.25, 0.3) is 0 Å². The molecule has 0 aromatic carbocycles. The van der Waals surface area contributed by atoms with E-state index in [1.807, 2.05) is 24.5 Å². The molecule has 0 fully saturated rings. The van der Waals surface area contributed by atoms with Crippen molar-refractivity contribution in [2.75, 3.05) is 0 Å². The van der Waals surface area contributed by atoms with Gasteiger partial charge in [-0.05, 0) is 12.1 Å². The van der Waals surface area contributed by atoms with Gasteiger partial charge >= 0.3 is 0 Å². The Morgan fingerprint density at radius 3 is 1.57 bits per heavy atom. The van der Waals surface area contributed by atoms with Gasteiger partial charge < -0.3 is 4.98 Å². The average molecular weight is 95.1 g/mol. The van der Waals surface area contributed by atoms with Crippen LogP contribution in [0.3, 0.4) is 0 Å². The van der Waals surface area contributed by atoms with Gasteiger partial charge in [-0.2, -0.15) is 0 Å². The van der Waals surface area contributed by atoms with E-state index in [0.717, 1.165) is 0 Å². The van der Waals surface area contributed by atoms with Crippen LogP contribution in [0, 0.1) is 10.8 Å². The summed E-state index contributed by atoms with van der Waals surface area (Å²) in [6, 6.07) is 3.89. The van der Waals surface area contributed by atoms with Crippen LogP contribution in [-0.2, 0) is 0 Å². The molecule has 0 saturated heterocycles. The zero-order chi connectivity index (χ0) is 5.54. The van der Waals surface area contributed by atoms with Crippen LogP contribution < -0.4 is 0 Å². The number of aromatic nitrogens is 1. The van der Waals surface area contributed by atoms with Gasteiger partial charge in [-0.25, -0.2) is 0 Å². The fourth-order valence-electron chi connectivity index (χ4n) is 0.278. The minimum absolute atomic E-state index is 1.88. The van der Waals surface area contributed by atoms with E-state index in [0.29, 0.717) is 0 Å². The van der Waals surface area contributed by atoms with Crippen LogP contribution in [0.2, 0.25) is 0 Å². The predicted octanol–water partition coefficient (Wildman–Crippen LogP) is 1.04. The maximum atomic E-state index is 6.00. The van der Waals surface area contributed by atoms with Gasteiger partial charge in [0.1, 0.15) is 0 Å². The predicted molar refractivity (Wildman–Crippen MR) is 24.2 cm³/mol. The summed E-state index contributed by atoms with van der Waals surface area (Å²) in [5, 5.41) is 12.0. The van der Waals surface area contributed by atoms with Crippen molar-refractivity contribution in [3.63, 3.8) is 0 Å². The number of H-pyrrole nitrogens is 1. The summed E-state index contributed by atoms with van der Waals surface area (Å²) in [5.74, 6) is 0. The molecule has 0 amide bonds. The number of hydrogen-bond acceptors (Lipinski definition) is 2. The van der Waals surface area contributed by atoms with Crippen molar-refractivity contribution in [1.29, 1.82) is 10.8 Å². The Hall–Kier alpha value is -1.30. The molecule has 1 aromatic rings. The van der Waals surface area contributed by atoms with Crippen LogP contribution in [0.1, 0.15) is 0 Å². The SMILES string of the molecule is N#N.c1cc[nH]c1. The van der Waals surface area contributed by atoms with Crippen molar-refractivity contribution in [3.05, 3.63) is 24.5 Å². The molecule has 0 unspecified atom stereocenters. The summed E-state index contributed by atoms with van der Waals surface area (Å²) in [7, 11) is 0. The van der Waals surface area contributed by atoms with E-state index in [1.165, 1.54) is 0 Å². The monoisotopic (exact) mass is 95.0 g/mol. The Kier molecular flexibility index (Phi) is 3.83. The Labute approximate surface area is 41.4 Å². The molecule has 0 aliphatic heterocycles. The van der Waals surface area contributed by atoms with E-state index in [9.17, 15) is 0 Å². The summed E-state index contributed by atoms with van der Waals surface area (Å²) in [6.07, 6.45) is 3.75. The summed E-state index contributed by atoms with van der Waals surface area (Å²) in [5.41, 5.74) is 0. The van der Waals surface area contributed by atoms with Crippen molar-refractivity contribution < 1.29 is 0 Å². The van der Waals surface area contributed by atoms with Crippen LogP contribution >= 0.6 is 0 Å². The van der Waals surface area contributed by atoms with Crippen LogP contribution in [-0.4, -0.2) is 4.98 Å². The third-order valence-corrected chi connectivity index (χ3v) is 0.496. The first-order chi connectivity index (χ1) is 3.50. The Morgan fingerprint density at radius 1 is 1.00 bits per heavy atom. The molecule has 0 saturated carbocycles. The highest BCUT2D eigenvalue weighted by atomic mass is 14.6. The second-order valence-electron chi connectivity index (χ2n) is 0.885. The summed E-state index contributed by atoms with van der Waals surface area (Å²) in [4.78, 5) is 2.86. The number of hydrogen-bond donors (Lipinski definition) is 1. The number of nitrogens with zero attached hydrogens (tertiary/aromatic N) is 2. The lowest BCUT2D eigenvalue weighted by Gasteiger charge is -1.49. The van der Waals surface area contributed by atoms with Gasteiger partial charge in [0.15, 0.2) is 0 Å². The second kappa shape index (κ2) is 4.70. The smallest absolute Gasteiger partial charge is 0.000496 e. The lowest BCUT2D eigenvalue weighted by Crippen LogP contribution is -1.38. The van der Waals surface area contributed by atoms with E-state index < -0.39 is 0 Å². The molecule has 0 aliphatic rings. The molecule has 0 bridgehead atoms. The maximum Gasteiger partial charge on any atom is 0.000496 e. The van der Waals surface area contributed by atoms with Crippen LogP contribution in [0.5, 0.6) is 0 Å². The van der Waals surface area contributed by atoms with Crippen LogP contribution in [0.15, 0.2) is 24.5 Å². The van der Waals surface area contributed by atoms with E-state index in [1.54, 1.807) is 0 Å². The molecule has 7 heavy (non-hydrogen) atoms. The fraction of sp³-hybridized carbons (Fsp3) is 0. The van der Waals surface area contributed by atoms with Gasteiger partial charge in [-0.15, -0.1) is 0 Å². The van der Waals surface area contributed by atoms with Crippen molar-refractivity contribution in [2.45, 2.75) is 0 Å². The lowest BCUT2D eigenvalue weighted by atomic mass is 10.7. The van der Waals surface area contributed by atoms with Gasteiger partial charge in [0, 0.05) is 23.2 Å².